The lowest BCUT2D eigenvalue weighted by Gasteiger charge is -2.48. The zero-order valence-electron chi connectivity index (χ0n) is 13.2. The van der Waals surface area contributed by atoms with Gasteiger partial charge in [-0.2, -0.15) is 0 Å². The average molecular weight is 277 g/mol. The fraction of sp³-hybridized carbons (Fsp3) is 1.00. The molecule has 4 unspecified atom stereocenters. The smallest absolute Gasteiger partial charge is 0.0111 e. The van der Waals surface area contributed by atoms with E-state index in [2.05, 4.69) is 29.2 Å². The number of rotatable bonds is 2. The fourth-order valence-electron chi connectivity index (χ4n) is 5.63. The summed E-state index contributed by atoms with van der Waals surface area (Å²) in [5.74, 6) is 0. The molecule has 0 aromatic carbocycles. The van der Waals surface area contributed by atoms with Crippen LogP contribution in [0.1, 0.15) is 57.8 Å². The number of nitrogens with zero attached hydrogens (tertiary/aromatic N) is 2. The number of nitrogens with one attached hydrogen (secondary N) is 1. The maximum atomic E-state index is 4.08. The molecule has 4 saturated heterocycles. The Morgan fingerprint density at radius 2 is 1.05 bits per heavy atom. The molecule has 114 valence electrons. The summed E-state index contributed by atoms with van der Waals surface area (Å²) in [6.07, 6.45) is 12.8. The molecule has 4 fully saturated rings. The zero-order chi connectivity index (χ0) is 13.7. The maximum Gasteiger partial charge on any atom is 0.0111 e. The Labute approximate surface area is 124 Å². The van der Waals surface area contributed by atoms with Crippen LogP contribution in [-0.4, -0.2) is 60.1 Å². The summed E-state index contributed by atoms with van der Waals surface area (Å²) in [4.78, 5) is 5.33. The number of piperidine rings is 3. The van der Waals surface area contributed by atoms with Crippen LogP contribution in [-0.2, 0) is 0 Å². The van der Waals surface area contributed by atoms with Gasteiger partial charge in [-0.1, -0.05) is 6.42 Å². The van der Waals surface area contributed by atoms with Gasteiger partial charge >= 0.3 is 0 Å². The van der Waals surface area contributed by atoms with E-state index < -0.39 is 0 Å². The molecule has 0 aromatic rings. The highest BCUT2D eigenvalue weighted by Gasteiger charge is 2.41. The molecule has 4 heterocycles. The van der Waals surface area contributed by atoms with Crippen LogP contribution in [0.3, 0.4) is 0 Å². The quantitative estimate of drug-likeness (QED) is 0.835. The molecule has 1 N–H and O–H groups in total. The van der Waals surface area contributed by atoms with Crippen LogP contribution < -0.4 is 5.32 Å². The van der Waals surface area contributed by atoms with Crippen molar-refractivity contribution in [2.24, 2.45) is 0 Å². The lowest BCUT2D eigenvalue weighted by atomic mass is 9.81. The average Bonchev–Trinajstić information content (AvgIpc) is 2.62. The molecule has 20 heavy (non-hydrogen) atoms. The largest absolute Gasteiger partial charge is 0.311 e. The monoisotopic (exact) mass is 277 g/mol. The molecule has 3 heteroatoms. The van der Waals surface area contributed by atoms with E-state index >= 15 is 0 Å². The molecule has 0 amide bonds. The zero-order valence-corrected chi connectivity index (χ0v) is 13.2. The lowest BCUT2D eigenvalue weighted by Crippen LogP contribution is -2.57. The third-order valence-electron chi connectivity index (χ3n) is 6.91. The Kier molecular flexibility index (Phi) is 3.56. The predicted molar refractivity (Wildman–Crippen MR) is 82.9 cm³/mol. The van der Waals surface area contributed by atoms with Gasteiger partial charge < -0.3 is 15.1 Å². The van der Waals surface area contributed by atoms with Crippen molar-refractivity contribution in [2.45, 2.75) is 94.0 Å². The first-order valence-corrected chi connectivity index (χ1v) is 8.90. The van der Waals surface area contributed by atoms with Gasteiger partial charge in [0.15, 0.2) is 0 Å². The van der Waals surface area contributed by atoms with Gasteiger partial charge in [0, 0.05) is 36.3 Å². The van der Waals surface area contributed by atoms with Crippen LogP contribution in [0.25, 0.3) is 0 Å². The summed E-state index contributed by atoms with van der Waals surface area (Å²) >= 11 is 0. The second-order valence-corrected chi connectivity index (χ2v) is 7.96. The van der Waals surface area contributed by atoms with Gasteiger partial charge in [-0.25, -0.2) is 0 Å². The van der Waals surface area contributed by atoms with Gasteiger partial charge in [-0.3, -0.25) is 0 Å². The molecule has 0 spiro atoms. The van der Waals surface area contributed by atoms with Crippen molar-refractivity contribution in [2.75, 3.05) is 14.1 Å². The molecule has 4 aliphatic heterocycles. The Hall–Kier alpha value is -0.120. The SMILES string of the molecule is CN1C2CCCC1CC(NC1CC3CCC(C1)N3C)C2. The molecular formula is C17H31N3. The van der Waals surface area contributed by atoms with Crippen LogP contribution in [0, 0.1) is 0 Å². The Bertz CT molecular complexity index is 330. The highest BCUT2D eigenvalue weighted by Crippen LogP contribution is 2.36. The number of hydrogen-bond donors (Lipinski definition) is 1. The normalized spacial score (nSPS) is 49.5. The summed E-state index contributed by atoms with van der Waals surface area (Å²) in [6, 6.07) is 5.08. The van der Waals surface area contributed by atoms with E-state index in [4.69, 9.17) is 0 Å². The van der Waals surface area contributed by atoms with Crippen LogP contribution in [0.15, 0.2) is 0 Å². The van der Waals surface area contributed by atoms with Gasteiger partial charge in [0.05, 0.1) is 0 Å². The minimum atomic E-state index is 0.800. The number of fused-ring (bicyclic) bond motifs is 4. The van der Waals surface area contributed by atoms with E-state index in [1.807, 2.05) is 0 Å². The number of hydrogen-bond acceptors (Lipinski definition) is 3. The standard InChI is InChI=1S/C17H31N3/c1-19-14-4-3-5-15(19)9-12(8-14)18-13-10-16-6-7-17(11-13)20(16)2/h12-18H,3-11H2,1-2H3. The molecule has 0 aliphatic carbocycles. The van der Waals surface area contributed by atoms with Crippen LogP contribution in [0.2, 0.25) is 0 Å². The maximum absolute atomic E-state index is 4.08. The van der Waals surface area contributed by atoms with Crippen LogP contribution >= 0.6 is 0 Å². The Morgan fingerprint density at radius 1 is 0.650 bits per heavy atom. The molecule has 0 aromatic heterocycles. The first-order valence-electron chi connectivity index (χ1n) is 8.90. The molecule has 4 atom stereocenters. The summed E-state index contributed by atoms with van der Waals surface area (Å²) in [5.41, 5.74) is 0. The van der Waals surface area contributed by atoms with Gasteiger partial charge in [0.25, 0.3) is 0 Å². The molecule has 0 saturated carbocycles. The lowest BCUT2D eigenvalue weighted by molar-refractivity contribution is 0.0402. The fourth-order valence-corrected chi connectivity index (χ4v) is 5.63. The van der Waals surface area contributed by atoms with E-state index in [0.717, 1.165) is 36.3 Å². The highest BCUT2D eigenvalue weighted by molar-refractivity contribution is 4.99. The third kappa shape index (κ3) is 2.32. The predicted octanol–water partition coefficient (Wildman–Crippen LogP) is 2.22. The van der Waals surface area contributed by atoms with Crippen LogP contribution in [0.5, 0.6) is 0 Å². The minimum absolute atomic E-state index is 0.800. The third-order valence-corrected chi connectivity index (χ3v) is 6.91. The minimum Gasteiger partial charge on any atom is -0.311 e. The van der Waals surface area contributed by atoms with E-state index in [0.29, 0.717) is 0 Å². The molecule has 4 aliphatic rings. The summed E-state index contributed by atoms with van der Waals surface area (Å²) < 4.78 is 0. The van der Waals surface area contributed by atoms with E-state index in [9.17, 15) is 0 Å². The van der Waals surface area contributed by atoms with Crippen molar-refractivity contribution in [1.29, 1.82) is 0 Å². The highest BCUT2D eigenvalue weighted by atomic mass is 15.2. The summed E-state index contributed by atoms with van der Waals surface area (Å²) in [6.45, 7) is 0. The van der Waals surface area contributed by atoms with Gasteiger partial charge in [-0.15, -0.1) is 0 Å². The van der Waals surface area contributed by atoms with Crippen molar-refractivity contribution < 1.29 is 0 Å². The second-order valence-electron chi connectivity index (χ2n) is 7.96. The van der Waals surface area contributed by atoms with Crippen molar-refractivity contribution in [1.82, 2.24) is 15.1 Å². The topological polar surface area (TPSA) is 18.5 Å². The first-order chi connectivity index (χ1) is 9.70. The van der Waals surface area contributed by atoms with Crippen molar-refractivity contribution in [3.63, 3.8) is 0 Å². The molecule has 4 rings (SSSR count). The molecular weight excluding hydrogens is 246 g/mol. The summed E-state index contributed by atoms with van der Waals surface area (Å²) in [7, 11) is 4.71. The first kappa shape index (κ1) is 13.5. The summed E-state index contributed by atoms with van der Waals surface area (Å²) in [5, 5.41) is 4.08. The van der Waals surface area contributed by atoms with Gasteiger partial charge in [0.1, 0.15) is 0 Å². The Balaban J connectivity index is 1.36. The van der Waals surface area contributed by atoms with Crippen molar-refractivity contribution >= 4 is 0 Å². The van der Waals surface area contributed by atoms with Crippen molar-refractivity contribution in [3.05, 3.63) is 0 Å². The van der Waals surface area contributed by atoms with Gasteiger partial charge in [0.2, 0.25) is 0 Å². The molecule has 0 radical (unpaired) electrons. The van der Waals surface area contributed by atoms with Gasteiger partial charge in [-0.05, 0) is 65.5 Å². The molecule has 4 bridgehead atoms. The second kappa shape index (κ2) is 5.26. The molecule has 3 nitrogen and oxygen atoms in total. The van der Waals surface area contributed by atoms with Crippen molar-refractivity contribution in [3.8, 4) is 0 Å². The van der Waals surface area contributed by atoms with E-state index in [-0.39, 0.29) is 0 Å². The van der Waals surface area contributed by atoms with E-state index in [1.165, 1.54) is 57.8 Å². The van der Waals surface area contributed by atoms with E-state index in [1.54, 1.807) is 0 Å². The van der Waals surface area contributed by atoms with Crippen LogP contribution in [0.4, 0.5) is 0 Å². The Morgan fingerprint density at radius 3 is 1.50 bits per heavy atom.